The molecule has 6 aliphatic rings. The van der Waals surface area contributed by atoms with Crippen molar-refractivity contribution in [3.05, 3.63) is 0 Å². The van der Waals surface area contributed by atoms with Gasteiger partial charge in [-0.05, 0) is 59.0 Å². The van der Waals surface area contributed by atoms with E-state index in [4.69, 9.17) is 0 Å². The minimum Gasteiger partial charge on any atom is -0.160 e. The van der Waals surface area contributed by atoms with Crippen LogP contribution in [0.4, 0.5) is 26.3 Å². The zero-order valence-electron chi connectivity index (χ0n) is 8.55. The zero-order chi connectivity index (χ0) is 12.9. The monoisotopic (exact) mass is 304 g/mol. The molecule has 100 valence electrons. The molecule has 0 heterocycles. The Bertz CT molecular complexity index is 382. The molecular formula is C10H6F6S2. The highest BCUT2D eigenvalue weighted by atomic mass is 32.2. The van der Waals surface area contributed by atoms with Crippen LogP contribution >= 0.6 is 23.5 Å². The number of hydrogen-bond donors (Lipinski definition) is 0. The average Bonchev–Trinajstić information content (AvgIpc) is 2.18. The van der Waals surface area contributed by atoms with Gasteiger partial charge in [-0.3, -0.25) is 0 Å². The summed E-state index contributed by atoms with van der Waals surface area (Å²) >= 11 is 0.152. The molecule has 18 heavy (non-hydrogen) atoms. The van der Waals surface area contributed by atoms with Crippen LogP contribution in [-0.2, 0) is 0 Å². The van der Waals surface area contributed by atoms with Gasteiger partial charge < -0.3 is 0 Å². The Kier molecular flexibility index (Phi) is 1.43. The van der Waals surface area contributed by atoms with Gasteiger partial charge in [-0.1, -0.05) is 0 Å². The van der Waals surface area contributed by atoms with Crippen molar-refractivity contribution in [2.24, 2.45) is 35.5 Å². The summed E-state index contributed by atoms with van der Waals surface area (Å²) in [4.78, 5) is 0. The third kappa shape index (κ3) is 0.728. The lowest BCUT2D eigenvalue weighted by atomic mass is 9.00. The topological polar surface area (TPSA) is 0 Å². The maximum absolute atomic E-state index is 12.5. The van der Waals surface area contributed by atoms with E-state index < -0.39 is 20.5 Å². The molecule has 0 unspecified atom stereocenters. The van der Waals surface area contributed by atoms with Crippen molar-refractivity contribution in [3.63, 3.8) is 0 Å². The largest absolute Gasteiger partial charge is 0.442 e. The first-order valence-electron chi connectivity index (χ1n) is 5.68. The van der Waals surface area contributed by atoms with Crippen LogP contribution in [0.15, 0.2) is 0 Å². The normalized spacial score (nSPS) is 65.0. The van der Waals surface area contributed by atoms with E-state index in [-0.39, 0.29) is 59.0 Å². The molecule has 6 saturated carbocycles. The summed E-state index contributed by atoms with van der Waals surface area (Å²) < 4.78 is 73.4. The number of thioether (sulfide) groups is 2. The Morgan fingerprint density at radius 2 is 0.778 bits per heavy atom. The molecule has 6 aliphatic carbocycles. The second kappa shape index (κ2) is 2.34. The van der Waals surface area contributed by atoms with E-state index in [1.807, 2.05) is 0 Å². The molecule has 0 amide bonds. The maximum atomic E-state index is 12.5. The lowest BCUT2D eigenvalue weighted by Gasteiger charge is -3.10. The first kappa shape index (κ1) is 11.0. The summed E-state index contributed by atoms with van der Waals surface area (Å²) in [6.45, 7) is 0. The van der Waals surface area contributed by atoms with Crippen LogP contribution in [0.1, 0.15) is 0 Å². The molecule has 6 rings (SSSR count). The minimum absolute atomic E-state index is 0.0704. The van der Waals surface area contributed by atoms with Gasteiger partial charge in [0.25, 0.3) is 0 Å². The van der Waals surface area contributed by atoms with Crippen LogP contribution in [0, 0.1) is 35.5 Å². The fraction of sp³-hybridized carbons (Fsp3) is 1.00. The second-order valence-corrected chi connectivity index (χ2v) is 8.71. The lowest BCUT2D eigenvalue weighted by Crippen LogP contribution is -3.14. The van der Waals surface area contributed by atoms with Crippen LogP contribution in [0.2, 0.25) is 0 Å². The van der Waals surface area contributed by atoms with E-state index in [9.17, 15) is 26.3 Å². The molecule has 0 spiro atoms. The number of hydrogen-bond acceptors (Lipinski definition) is 2. The first-order chi connectivity index (χ1) is 8.15. The number of rotatable bonds is 2. The molecule has 0 aromatic heterocycles. The third-order valence-corrected chi connectivity index (χ3v) is 8.84. The first-order valence-corrected chi connectivity index (χ1v) is 7.32. The van der Waals surface area contributed by atoms with Crippen molar-refractivity contribution in [1.82, 2.24) is 0 Å². The quantitative estimate of drug-likeness (QED) is 0.713. The van der Waals surface area contributed by atoms with Gasteiger partial charge in [0.2, 0.25) is 0 Å². The summed E-state index contributed by atoms with van der Waals surface area (Å²) in [5.74, 6) is -0.422. The van der Waals surface area contributed by atoms with Crippen LogP contribution < -0.4 is 0 Å². The summed E-state index contributed by atoms with van der Waals surface area (Å²) in [5, 5.41) is 0. The molecule has 0 aromatic rings. The van der Waals surface area contributed by atoms with Crippen LogP contribution in [0.25, 0.3) is 0 Å². The number of halogens is 6. The van der Waals surface area contributed by atoms with E-state index in [2.05, 4.69) is 0 Å². The van der Waals surface area contributed by atoms with E-state index in [1.165, 1.54) is 0 Å². The van der Waals surface area contributed by atoms with Crippen LogP contribution in [0.3, 0.4) is 0 Å². The molecule has 6 fully saturated rings. The molecule has 0 atom stereocenters. The number of alkyl halides is 6. The lowest BCUT2D eigenvalue weighted by molar-refractivity contribution is -0.525. The highest BCUT2D eigenvalue weighted by molar-refractivity contribution is 8.02. The SMILES string of the molecule is FC(F)(F)SC12C3C4C1C1C2C3C41SC(F)(F)F. The Morgan fingerprint density at radius 1 is 0.556 bits per heavy atom. The molecule has 0 radical (unpaired) electrons. The molecular weight excluding hydrogens is 298 g/mol. The van der Waals surface area contributed by atoms with Gasteiger partial charge in [-0.25, -0.2) is 0 Å². The molecule has 0 aromatic carbocycles. The molecule has 0 N–H and O–H groups in total. The van der Waals surface area contributed by atoms with Gasteiger partial charge in [0.15, 0.2) is 0 Å². The Balaban J connectivity index is 1.40. The van der Waals surface area contributed by atoms with Crippen molar-refractivity contribution in [3.8, 4) is 0 Å². The Hall–Kier alpha value is 0.280. The van der Waals surface area contributed by atoms with Gasteiger partial charge >= 0.3 is 11.0 Å². The highest BCUT2D eigenvalue weighted by Gasteiger charge is 3.11. The predicted octanol–water partition coefficient (Wildman–Crippen LogP) is 3.74. The highest BCUT2D eigenvalue weighted by Crippen LogP contribution is 3.09. The van der Waals surface area contributed by atoms with Crippen molar-refractivity contribution in [2.45, 2.75) is 20.5 Å². The summed E-state index contributed by atoms with van der Waals surface area (Å²) in [6, 6.07) is 0. The van der Waals surface area contributed by atoms with E-state index in [0.717, 1.165) is 0 Å². The molecule has 8 heteroatoms. The molecule has 0 aliphatic heterocycles. The fourth-order valence-corrected chi connectivity index (χ4v) is 9.52. The second-order valence-electron chi connectivity index (χ2n) is 5.96. The Labute approximate surface area is 106 Å². The summed E-state index contributed by atoms with van der Waals surface area (Å²) in [6.07, 6.45) is 0. The van der Waals surface area contributed by atoms with Crippen LogP contribution in [0.5, 0.6) is 0 Å². The standard InChI is InChI=1S/C10H6F6S2/c11-9(12,13)17-7-1-2-4(7)6-5(7)3(1)8(2,6)18-10(14,15)16/h1-6H. The molecule has 0 saturated heterocycles. The zero-order valence-corrected chi connectivity index (χ0v) is 10.2. The predicted molar refractivity (Wildman–Crippen MR) is 53.7 cm³/mol. The molecule has 0 bridgehead atoms. The van der Waals surface area contributed by atoms with E-state index in [1.54, 1.807) is 0 Å². The summed E-state index contributed by atoms with van der Waals surface area (Å²) in [5.41, 5.74) is -8.49. The Morgan fingerprint density at radius 3 is 0.944 bits per heavy atom. The van der Waals surface area contributed by atoms with Gasteiger partial charge in [-0.15, -0.1) is 0 Å². The van der Waals surface area contributed by atoms with Gasteiger partial charge in [-0.2, -0.15) is 26.3 Å². The van der Waals surface area contributed by atoms with E-state index >= 15 is 0 Å². The minimum atomic E-state index is -4.25. The average molecular weight is 304 g/mol. The van der Waals surface area contributed by atoms with Crippen LogP contribution in [-0.4, -0.2) is 20.5 Å². The smallest absolute Gasteiger partial charge is 0.160 e. The maximum Gasteiger partial charge on any atom is 0.442 e. The van der Waals surface area contributed by atoms with E-state index in [0.29, 0.717) is 0 Å². The van der Waals surface area contributed by atoms with Gasteiger partial charge in [0.05, 0.1) is 0 Å². The van der Waals surface area contributed by atoms with Gasteiger partial charge in [0, 0.05) is 9.49 Å². The van der Waals surface area contributed by atoms with Gasteiger partial charge in [0.1, 0.15) is 0 Å². The summed E-state index contributed by atoms with van der Waals surface area (Å²) in [7, 11) is 0. The van der Waals surface area contributed by atoms with Crippen molar-refractivity contribution >= 4 is 23.5 Å². The molecule has 0 nitrogen and oxygen atoms in total. The third-order valence-electron chi connectivity index (χ3n) is 6.03. The van der Waals surface area contributed by atoms with Crippen molar-refractivity contribution in [1.29, 1.82) is 0 Å². The fourth-order valence-electron chi connectivity index (χ4n) is 6.14. The van der Waals surface area contributed by atoms with Crippen molar-refractivity contribution in [2.75, 3.05) is 0 Å². The van der Waals surface area contributed by atoms with Crippen molar-refractivity contribution < 1.29 is 26.3 Å².